The fourth-order valence-corrected chi connectivity index (χ4v) is 3.09. The zero-order valence-corrected chi connectivity index (χ0v) is 14.6. The van der Waals surface area contributed by atoms with Gasteiger partial charge in [-0.15, -0.1) is 24.8 Å². The molecule has 1 atom stereocenters. The van der Waals surface area contributed by atoms with Crippen LogP contribution in [0.5, 0.6) is 5.75 Å². The molecular weight excluding hydrogens is 345 g/mol. The molecule has 0 bridgehead atoms. The van der Waals surface area contributed by atoms with E-state index >= 15 is 0 Å². The number of para-hydroxylation sites is 1. The number of hydrogen-bond acceptors (Lipinski definition) is 3. The Kier molecular flexibility index (Phi) is 8.54. The van der Waals surface area contributed by atoms with E-state index in [9.17, 15) is 8.78 Å². The topological polar surface area (TPSA) is 24.5 Å². The van der Waals surface area contributed by atoms with Crippen molar-refractivity contribution in [1.82, 2.24) is 10.2 Å². The van der Waals surface area contributed by atoms with Crippen LogP contribution in [0.2, 0.25) is 0 Å². The summed E-state index contributed by atoms with van der Waals surface area (Å²) in [5.41, 5.74) is 0.909. The molecule has 0 unspecified atom stereocenters. The fraction of sp³-hybridized carbons (Fsp3) is 0.625. The Balaban J connectivity index is 0.00000132. The standard InChI is InChI=1S/C16H22F2N2O.2ClH/c17-16(18)21-15-4-2-1-3-13(15)14(11-12-5-6-12)20-9-7-19-8-10-20;;/h1-4,12,14,16,19H,5-11H2;2*1H/t14-;;/m1../s1. The molecule has 7 heteroatoms. The zero-order valence-electron chi connectivity index (χ0n) is 12.9. The summed E-state index contributed by atoms with van der Waals surface area (Å²) in [6, 6.07) is 7.45. The summed E-state index contributed by atoms with van der Waals surface area (Å²) in [7, 11) is 0. The van der Waals surface area contributed by atoms with Gasteiger partial charge in [0.2, 0.25) is 0 Å². The molecule has 1 aliphatic heterocycles. The fourth-order valence-electron chi connectivity index (χ4n) is 3.09. The van der Waals surface area contributed by atoms with Gasteiger partial charge in [-0.25, -0.2) is 0 Å². The smallest absolute Gasteiger partial charge is 0.387 e. The average molecular weight is 369 g/mol. The molecule has 0 aromatic heterocycles. The number of nitrogens with one attached hydrogen (secondary N) is 1. The zero-order chi connectivity index (χ0) is 14.7. The van der Waals surface area contributed by atoms with Crippen LogP contribution in [-0.4, -0.2) is 37.7 Å². The van der Waals surface area contributed by atoms with Gasteiger partial charge in [0.25, 0.3) is 0 Å². The summed E-state index contributed by atoms with van der Waals surface area (Å²) >= 11 is 0. The van der Waals surface area contributed by atoms with Crippen molar-refractivity contribution in [1.29, 1.82) is 0 Å². The second kappa shape index (κ2) is 9.62. The van der Waals surface area contributed by atoms with Crippen molar-refractivity contribution < 1.29 is 13.5 Å². The maximum atomic E-state index is 12.6. The average Bonchev–Trinajstić information content (AvgIpc) is 3.30. The lowest BCUT2D eigenvalue weighted by atomic mass is 9.97. The summed E-state index contributed by atoms with van der Waals surface area (Å²) < 4.78 is 30.0. The van der Waals surface area contributed by atoms with Gasteiger partial charge in [0.05, 0.1) is 0 Å². The first-order valence-electron chi connectivity index (χ1n) is 7.72. The predicted octanol–water partition coefficient (Wildman–Crippen LogP) is 3.88. The molecule has 132 valence electrons. The maximum absolute atomic E-state index is 12.6. The van der Waals surface area contributed by atoms with E-state index in [0.717, 1.165) is 44.1 Å². The Labute approximate surface area is 148 Å². The highest BCUT2D eigenvalue weighted by Gasteiger charge is 2.32. The van der Waals surface area contributed by atoms with Crippen molar-refractivity contribution in [2.75, 3.05) is 26.2 Å². The third-order valence-electron chi connectivity index (χ3n) is 4.34. The minimum atomic E-state index is -2.77. The Morgan fingerprint density at radius 1 is 1.13 bits per heavy atom. The van der Waals surface area contributed by atoms with Crippen molar-refractivity contribution in [2.24, 2.45) is 5.92 Å². The van der Waals surface area contributed by atoms with Crippen molar-refractivity contribution in [3.8, 4) is 5.75 Å². The van der Waals surface area contributed by atoms with Crippen LogP contribution >= 0.6 is 24.8 Å². The number of halogens is 4. The predicted molar refractivity (Wildman–Crippen MR) is 92.1 cm³/mol. The van der Waals surface area contributed by atoms with Gasteiger partial charge in [0.1, 0.15) is 5.75 Å². The highest BCUT2D eigenvalue weighted by molar-refractivity contribution is 5.85. The van der Waals surface area contributed by atoms with E-state index in [1.165, 1.54) is 12.8 Å². The first-order valence-corrected chi connectivity index (χ1v) is 7.72. The van der Waals surface area contributed by atoms with E-state index in [4.69, 9.17) is 4.74 Å². The molecule has 3 rings (SSSR count). The van der Waals surface area contributed by atoms with E-state index < -0.39 is 6.61 Å². The first kappa shape index (κ1) is 20.4. The van der Waals surface area contributed by atoms with Crippen LogP contribution in [0.15, 0.2) is 24.3 Å². The SMILES string of the molecule is Cl.Cl.FC(F)Oc1ccccc1[C@@H](CC1CC1)N1CCNCC1. The molecule has 0 spiro atoms. The molecule has 23 heavy (non-hydrogen) atoms. The number of hydrogen-bond donors (Lipinski definition) is 1. The van der Waals surface area contributed by atoms with Crippen LogP contribution in [-0.2, 0) is 0 Å². The Hall–Kier alpha value is -0.620. The van der Waals surface area contributed by atoms with E-state index in [1.54, 1.807) is 12.1 Å². The van der Waals surface area contributed by atoms with E-state index in [0.29, 0.717) is 5.75 Å². The third-order valence-corrected chi connectivity index (χ3v) is 4.34. The molecule has 1 saturated heterocycles. The largest absolute Gasteiger partial charge is 0.434 e. The number of benzene rings is 1. The van der Waals surface area contributed by atoms with Crippen molar-refractivity contribution in [2.45, 2.75) is 31.9 Å². The van der Waals surface area contributed by atoms with Crippen LogP contribution in [0.25, 0.3) is 0 Å². The molecule has 2 fully saturated rings. The first-order chi connectivity index (χ1) is 10.2. The Morgan fingerprint density at radius 2 is 1.78 bits per heavy atom. The molecule has 3 nitrogen and oxygen atoms in total. The van der Waals surface area contributed by atoms with E-state index in [1.807, 2.05) is 12.1 Å². The summed E-state index contributed by atoms with van der Waals surface area (Å²) in [6.45, 7) is 1.06. The van der Waals surface area contributed by atoms with Gasteiger partial charge in [0.15, 0.2) is 0 Å². The minimum absolute atomic E-state index is 0. The van der Waals surface area contributed by atoms with Gasteiger partial charge in [0, 0.05) is 37.8 Å². The quantitative estimate of drug-likeness (QED) is 0.824. The van der Waals surface area contributed by atoms with Gasteiger partial charge in [-0.1, -0.05) is 31.0 Å². The van der Waals surface area contributed by atoms with Gasteiger partial charge >= 0.3 is 6.61 Å². The summed E-state index contributed by atoms with van der Waals surface area (Å²) in [5, 5.41) is 3.34. The van der Waals surface area contributed by atoms with Crippen molar-refractivity contribution >= 4 is 24.8 Å². The maximum Gasteiger partial charge on any atom is 0.387 e. The third kappa shape index (κ3) is 5.75. The van der Waals surface area contributed by atoms with E-state index in [2.05, 4.69) is 10.2 Å². The van der Waals surface area contributed by atoms with Crippen LogP contribution < -0.4 is 10.1 Å². The Bertz CT molecular complexity index is 469. The number of nitrogens with zero attached hydrogens (tertiary/aromatic N) is 1. The summed E-state index contributed by atoms with van der Waals surface area (Å²) in [4.78, 5) is 2.41. The summed E-state index contributed by atoms with van der Waals surface area (Å²) in [6.07, 6.45) is 3.57. The Morgan fingerprint density at radius 3 is 2.39 bits per heavy atom. The molecule has 1 aliphatic carbocycles. The normalized spacial score (nSPS) is 19.6. The lowest BCUT2D eigenvalue weighted by Gasteiger charge is -2.36. The molecule has 0 radical (unpaired) electrons. The number of piperazine rings is 1. The van der Waals surface area contributed by atoms with Gasteiger partial charge in [-0.3, -0.25) is 4.90 Å². The number of alkyl halides is 2. The lowest BCUT2D eigenvalue weighted by Crippen LogP contribution is -2.45. The number of rotatable bonds is 6. The highest BCUT2D eigenvalue weighted by atomic mass is 35.5. The van der Waals surface area contributed by atoms with Gasteiger partial charge in [-0.2, -0.15) is 8.78 Å². The van der Waals surface area contributed by atoms with Crippen LogP contribution in [0.4, 0.5) is 8.78 Å². The lowest BCUT2D eigenvalue weighted by molar-refractivity contribution is -0.0513. The van der Waals surface area contributed by atoms with Crippen LogP contribution in [0.3, 0.4) is 0 Å². The van der Waals surface area contributed by atoms with Crippen LogP contribution in [0.1, 0.15) is 30.9 Å². The molecule has 1 aromatic rings. The van der Waals surface area contributed by atoms with Crippen molar-refractivity contribution in [3.63, 3.8) is 0 Å². The minimum Gasteiger partial charge on any atom is -0.434 e. The molecule has 1 heterocycles. The molecule has 2 aliphatic rings. The van der Waals surface area contributed by atoms with Gasteiger partial charge < -0.3 is 10.1 Å². The second-order valence-electron chi connectivity index (χ2n) is 5.90. The summed E-state index contributed by atoms with van der Waals surface area (Å²) in [5.74, 6) is 1.07. The molecule has 0 amide bonds. The number of ether oxygens (including phenoxy) is 1. The highest BCUT2D eigenvalue weighted by Crippen LogP contribution is 2.42. The molecular formula is C16H24Cl2F2N2O. The molecule has 1 aromatic carbocycles. The second-order valence-corrected chi connectivity index (χ2v) is 5.90. The monoisotopic (exact) mass is 368 g/mol. The van der Waals surface area contributed by atoms with Crippen molar-refractivity contribution in [3.05, 3.63) is 29.8 Å². The van der Waals surface area contributed by atoms with Crippen LogP contribution in [0, 0.1) is 5.92 Å². The van der Waals surface area contributed by atoms with E-state index in [-0.39, 0.29) is 30.9 Å². The van der Waals surface area contributed by atoms with Gasteiger partial charge in [-0.05, 0) is 18.4 Å². The molecule has 1 N–H and O–H groups in total. The molecule has 1 saturated carbocycles.